The Bertz CT molecular complexity index is 1690. The van der Waals surface area contributed by atoms with Crippen LogP contribution < -0.4 is 10.3 Å². The van der Waals surface area contributed by atoms with Gasteiger partial charge in [-0.25, -0.2) is 17.2 Å². The highest BCUT2D eigenvalue weighted by molar-refractivity contribution is 7.89. The summed E-state index contributed by atoms with van der Waals surface area (Å²) in [6.45, 7) is 1.79. The van der Waals surface area contributed by atoms with Gasteiger partial charge in [-0.2, -0.15) is 4.72 Å². The Labute approximate surface area is 248 Å². The van der Waals surface area contributed by atoms with Crippen LogP contribution in [0.5, 0.6) is 0 Å². The zero-order valence-corrected chi connectivity index (χ0v) is 24.2. The van der Waals surface area contributed by atoms with E-state index in [9.17, 15) is 31.6 Å². The first-order chi connectivity index (χ1) is 20.6. The molecule has 226 valence electrons. The van der Waals surface area contributed by atoms with E-state index in [1.807, 2.05) is 6.07 Å². The van der Waals surface area contributed by atoms with Crippen LogP contribution in [0.15, 0.2) is 76.4 Å². The molecular weight excluding hydrogens is 578 g/mol. The lowest BCUT2D eigenvalue weighted by atomic mass is 9.83. The van der Waals surface area contributed by atoms with E-state index < -0.39 is 28.4 Å². The van der Waals surface area contributed by atoms with E-state index in [-0.39, 0.29) is 40.3 Å². The molecule has 43 heavy (non-hydrogen) atoms. The number of carbonyl (C=O) groups is 2. The molecule has 1 aromatic heterocycles. The Kier molecular flexibility index (Phi) is 7.91. The molecule has 0 spiro atoms. The minimum absolute atomic E-state index is 0.0271. The zero-order chi connectivity index (χ0) is 30.3. The topological polar surface area (TPSA) is 109 Å². The largest absolute Gasteiger partial charge is 0.340 e. The number of piperidine rings is 2. The summed E-state index contributed by atoms with van der Waals surface area (Å²) in [5, 5.41) is 0. The molecule has 12 heteroatoms. The number of benzene rings is 2. The van der Waals surface area contributed by atoms with Crippen molar-refractivity contribution in [3.63, 3.8) is 0 Å². The van der Waals surface area contributed by atoms with Gasteiger partial charge in [-0.15, -0.1) is 0 Å². The van der Waals surface area contributed by atoms with E-state index in [0.717, 1.165) is 12.1 Å². The highest BCUT2D eigenvalue weighted by Crippen LogP contribution is 2.35. The maximum Gasteiger partial charge on any atom is 0.263 e. The lowest BCUT2D eigenvalue weighted by molar-refractivity contribution is -0.144. The van der Waals surface area contributed by atoms with Gasteiger partial charge in [-0.05, 0) is 54.5 Å². The molecule has 0 radical (unpaired) electrons. The summed E-state index contributed by atoms with van der Waals surface area (Å²) in [6, 6.07) is 16.0. The van der Waals surface area contributed by atoms with E-state index >= 15 is 0 Å². The maximum atomic E-state index is 13.3. The van der Waals surface area contributed by atoms with Gasteiger partial charge in [0.2, 0.25) is 21.8 Å². The van der Waals surface area contributed by atoms with Gasteiger partial charge in [-0.3, -0.25) is 14.4 Å². The minimum Gasteiger partial charge on any atom is -0.340 e. The number of rotatable bonds is 7. The van der Waals surface area contributed by atoms with Crippen LogP contribution in [0.25, 0.3) is 11.1 Å². The number of nitrogens with zero attached hydrogens (tertiary/aromatic N) is 3. The molecule has 4 heterocycles. The van der Waals surface area contributed by atoms with Gasteiger partial charge in [0, 0.05) is 49.4 Å². The number of halogens is 2. The number of nitrogens with one attached hydrogen (secondary N) is 1. The molecule has 2 bridgehead atoms. The number of hydrogen-bond donors (Lipinski definition) is 1. The first-order valence-electron chi connectivity index (χ1n) is 14.4. The van der Waals surface area contributed by atoms with E-state index in [0.29, 0.717) is 50.1 Å². The lowest BCUT2D eigenvalue weighted by Gasteiger charge is -2.43. The number of hydrogen-bond acceptors (Lipinski definition) is 5. The van der Waals surface area contributed by atoms with Crippen molar-refractivity contribution in [1.82, 2.24) is 19.1 Å². The third-order valence-corrected chi connectivity index (χ3v) is 10.1. The molecule has 2 fully saturated rings. The van der Waals surface area contributed by atoms with Crippen molar-refractivity contribution in [3.8, 4) is 11.1 Å². The van der Waals surface area contributed by atoms with Crippen LogP contribution in [-0.4, -0.2) is 66.8 Å². The van der Waals surface area contributed by atoms with Gasteiger partial charge in [0.05, 0.1) is 11.4 Å². The Morgan fingerprint density at radius 2 is 1.63 bits per heavy atom. The fourth-order valence-corrected chi connectivity index (χ4v) is 7.70. The summed E-state index contributed by atoms with van der Waals surface area (Å²) < 4.78 is 56.3. The van der Waals surface area contributed by atoms with E-state index in [2.05, 4.69) is 4.72 Å². The molecule has 9 nitrogen and oxygen atoms in total. The molecule has 0 aliphatic carbocycles. The molecule has 1 unspecified atom stereocenters. The van der Waals surface area contributed by atoms with Crippen LogP contribution in [0.2, 0.25) is 0 Å². The predicted molar refractivity (Wildman–Crippen MR) is 155 cm³/mol. The van der Waals surface area contributed by atoms with Crippen LogP contribution in [0, 0.1) is 5.92 Å². The number of alkyl halides is 2. The third-order valence-electron chi connectivity index (χ3n) is 8.65. The second-order valence-corrected chi connectivity index (χ2v) is 13.2. The molecule has 2 saturated heterocycles. The number of carbonyl (C=O) groups excluding carboxylic acids is 2. The number of fused-ring (bicyclic) bond motifs is 4. The average molecular weight is 611 g/mol. The molecule has 2 aromatic carbocycles. The Balaban J connectivity index is 1.08. The number of amides is 2. The second-order valence-electron chi connectivity index (χ2n) is 11.5. The molecule has 3 aliphatic rings. The second kappa shape index (κ2) is 11.6. The van der Waals surface area contributed by atoms with Gasteiger partial charge in [0.25, 0.3) is 12.0 Å². The fraction of sp³-hybridized carbons (Fsp3) is 0.387. The van der Waals surface area contributed by atoms with Crippen molar-refractivity contribution >= 4 is 21.8 Å². The van der Waals surface area contributed by atoms with Crippen molar-refractivity contribution in [2.24, 2.45) is 5.92 Å². The van der Waals surface area contributed by atoms with Crippen LogP contribution >= 0.6 is 0 Å². The number of aromatic nitrogens is 1. The summed E-state index contributed by atoms with van der Waals surface area (Å²) in [7, 11) is -4.04. The van der Waals surface area contributed by atoms with Gasteiger partial charge in [0.1, 0.15) is 6.04 Å². The van der Waals surface area contributed by atoms with E-state index in [4.69, 9.17) is 0 Å². The number of likely N-dealkylation sites (tertiary alicyclic amines) is 2. The van der Waals surface area contributed by atoms with E-state index in [1.54, 1.807) is 45.9 Å². The summed E-state index contributed by atoms with van der Waals surface area (Å²) in [4.78, 5) is 42.1. The molecule has 1 N–H and O–H groups in total. The van der Waals surface area contributed by atoms with Gasteiger partial charge >= 0.3 is 0 Å². The van der Waals surface area contributed by atoms with Crippen molar-refractivity contribution in [2.45, 2.75) is 49.1 Å². The van der Waals surface area contributed by atoms with Crippen molar-refractivity contribution < 1.29 is 26.8 Å². The molecule has 0 saturated carbocycles. The monoisotopic (exact) mass is 610 g/mol. The normalized spacial score (nSPS) is 22.0. The number of pyridine rings is 1. The molecule has 6 rings (SSSR count). The number of sulfonamides is 1. The maximum absolute atomic E-state index is 13.3. The van der Waals surface area contributed by atoms with Crippen LogP contribution in [0.1, 0.15) is 42.9 Å². The summed E-state index contributed by atoms with van der Waals surface area (Å²) in [6.07, 6.45) is -0.802. The molecular formula is C31H32F2N4O5S. The summed E-state index contributed by atoms with van der Waals surface area (Å²) >= 11 is 0. The van der Waals surface area contributed by atoms with Crippen LogP contribution in [-0.2, 0) is 26.2 Å². The quantitative estimate of drug-likeness (QED) is 0.442. The third kappa shape index (κ3) is 5.98. The fourth-order valence-electron chi connectivity index (χ4n) is 6.47. The lowest BCUT2D eigenvalue weighted by Crippen LogP contribution is -2.56. The van der Waals surface area contributed by atoms with Crippen molar-refractivity contribution in [2.75, 3.05) is 26.2 Å². The molecule has 3 aromatic rings. The average Bonchev–Trinajstić information content (AvgIpc) is 2.99. The van der Waals surface area contributed by atoms with E-state index in [1.165, 1.54) is 29.2 Å². The molecule has 2 amide bonds. The molecule has 3 aliphatic heterocycles. The van der Waals surface area contributed by atoms with Crippen LogP contribution in [0.4, 0.5) is 8.78 Å². The zero-order valence-electron chi connectivity index (χ0n) is 23.4. The Hall–Kier alpha value is -3.90. The minimum atomic E-state index is -4.04. The molecule has 3 atom stereocenters. The van der Waals surface area contributed by atoms with Crippen LogP contribution in [0.3, 0.4) is 0 Å². The van der Waals surface area contributed by atoms with Gasteiger partial charge in [-0.1, -0.05) is 42.5 Å². The van der Waals surface area contributed by atoms with Gasteiger partial charge < -0.3 is 14.4 Å². The van der Waals surface area contributed by atoms with Crippen molar-refractivity contribution in [3.05, 3.63) is 88.3 Å². The SMILES string of the molecule is O=C(CN1CCC[C@H](NS(=O)(=O)c2ccc(-c3ccc(C(F)F)cc3)cc2)C1=O)N1CC2C[C@H](C1)Cn1c2cccc1=O. The summed E-state index contributed by atoms with van der Waals surface area (Å²) in [5.41, 5.74) is 2.14. The van der Waals surface area contributed by atoms with Gasteiger partial charge in [0.15, 0.2) is 0 Å². The standard InChI is InChI=1S/C31H32F2N4O5S/c32-30(33)23-8-6-21(7-9-23)22-10-12-25(13-11-22)43(41,42)34-26-3-2-14-35(31(26)40)19-29(39)36-16-20-15-24(18-36)27-4-1-5-28(38)37(27)17-20/h1,4-13,20,24,26,30,34H,2-3,14-19H2/t20-,24?,26+/m1/s1. The Morgan fingerprint density at radius 1 is 0.930 bits per heavy atom. The highest BCUT2D eigenvalue weighted by Gasteiger charge is 2.38. The summed E-state index contributed by atoms with van der Waals surface area (Å²) in [5.74, 6) is -0.399. The first kappa shape index (κ1) is 29.2. The smallest absolute Gasteiger partial charge is 0.263 e. The highest BCUT2D eigenvalue weighted by atomic mass is 32.2. The predicted octanol–water partition coefficient (Wildman–Crippen LogP) is 3.37. The van der Waals surface area contributed by atoms with Crippen molar-refractivity contribution in [1.29, 1.82) is 0 Å². The Morgan fingerprint density at radius 3 is 2.33 bits per heavy atom. The first-order valence-corrected chi connectivity index (χ1v) is 15.8.